The van der Waals surface area contributed by atoms with Crippen molar-refractivity contribution >= 4 is 22.0 Å². The standard InChI is InChI=1S/C16H19BrN4O2/c1-16(2,3)23-15(22)20-8-9-21-12(10-20)13(17)14(19-21)11-4-6-18-7-5-11/h4-7H,8-10H2,1-3H3. The fourth-order valence-corrected chi connectivity index (χ4v) is 3.10. The fourth-order valence-electron chi connectivity index (χ4n) is 2.46. The number of rotatable bonds is 1. The summed E-state index contributed by atoms with van der Waals surface area (Å²) in [7, 11) is 0. The summed E-state index contributed by atoms with van der Waals surface area (Å²) in [5.41, 5.74) is 2.36. The van der Waals surface area contributed by atoms with Gasteiger partial charge in [-0.1, -0.05) is 0 Å². The van der Waals surface area contributed by atoms with Crippen molar-refractivity contribution in [2.24, 2.45) is 0 Å². The van der Waals surface area contributed by atoms with Crippen LogP contribution in [0.25, 0.3) is 11.3 Å². The highest BCUT2D eigenvalue weighted by molar-refractivity contribution is 9.10. The zero-order valence-corrected chi connectivity index (χ0v) is 15.0. The number of fused-ring (bicyclic) bond motifs is 1. The number of carbonyl (C=O) groups excluding carboxylic acids is 1. The first-order valence-corrected chi connectivity index (χ1v) is 8.28. The summed E-state index contributed by atoms with van der Waals surface area (Å²) in [4.78, 5) is 18.0. The molecule has 6 nitrogen and oxygen atoms in total. The molecule has 122 valence electrons. The second kappa shape index (κ2) is 5.96. The lowest BCUT2D eigenvalue weighted by atomic mass is 10.2. The lowest BCUT2D eigenvalue weighted by molar-refractivity contribution is 0.0194. The molecule has 0 N–H and O–H groups in total. The Morgan fingerprint density at radius 1 is 1.26 bits per heavy atom. The van der Waals surface area contributed by atoms with E-state index < -0.39 is 5.60 Å². The average molecular weight is 379 g/mol. The third-order valence-corrected chi connectivity index (χ3v) is 4.35. The molecule has 0 aliphatic carbocycles. The SMILES string of the molecule is CC(C)(C)OC(=O)N1CCn2nc(-c3ccncc3)c(Br)c2C1. The van der Waals surface area contributed by atoms with Crippen LogP contribution < -0.4 is 0 Å². The Bertz CT molecular complexity index is 722. The summed E-state index contributed by atoms with van der Waals surface area (Å²) < 4.78 is 8.32. The monoisotopic (exact) mass is 378 g/mol. The van der Waals surface area contributed by atoms with Gasteiger partial charge < -0.3 is 9.64 Å². The first-order chi connectivity index (χ1) is 10.8. The normalized spacial score (nSPS) is 14.5. The Balaban J connectivity index is 1.84. The smallest absolute Gasteiger partial charge is 0.410 e. The van der Waals surface area contributed by atoms with Crippen molar-refractivity contribution in [2.45, 2.75) is 39.5 Å². The molecule has 0 bridgehead atoms. The number of carbonyl (C=O) groups is 1. The van der Waals surface area contributed by atoms with Gasteiger partial charge in [-0.2, -0.15) is 5.10 Å². The number of pyridine rings is 1. The number of halogens is 1. The number of aromatic nitrogens is 3. The van der Waals surface area contributed by atoms with Crippen LogP contribution in [-0.2, 0) is 17.8 Å². The molecule has 2 aromatic rings. The van der Waals surface area contributed by atoms with Gasteiger partial charge in [0.2, 0.25) is 0 Å². The predicted octanol–water partition coefficient (Wildman–Crippen LogP) is 3.46. The van der Waals surface area contributed by atoms with Gasteiger partial charge >= 0.3 is 6.09 Å². The van der Waals surface area contributed by atoms with Crippen molar-refractivity contribution in [3.8, 4) is 11.3 Å². The Labute approximate surface area is 143 Å². The van der Waals surface area contributed by atoms with Gasteiger partial charge in [-0.05, 0) is 48.8 Å². The Hall–Kier alpha value is -1.89. The first kappa shape index (κ1) is 16.0. The zero-order valence-electron chi connectivity index (χ0n) is 13.4. The van der Waals surface area contributed by atoms with E-state index in [0.717, 1.165) is 21.4 Å². The molecule has 0 radical (unpaired) electrons. The van der Waals surface area contributed by atoms with Crippen LogP contribution >= 0.6 is 15.9 Å². The van der Waals surface area contributed by atoms with Crippen LogP contribution in [0.4, 0.5) is 4.79 Å². The lowest BCUT2D eigenvalue weighted by Gasteiger charge is -2.30. The van der Waals surface area contributed by atoms with Gasteiger partial charge in [0.1, 0.15) is 11.3 Å². The van der Waals surface area contributed by atoms with E-state index in [0.29, 0.717) is 19.6 Å². The highest BCUT2D eigenvalue weighted by Gasteiger charge is 2.29. The van der Waals surface area contributed by atoms with E-state index in [2.05, 4.69) is 26.0 Å². The minimum absolute atomic E-state index is 0.290. The van der Waals surface area contributed by atoms with E-state index in [1.54, 1.807) is 17.3 Å². The second-order valence-electron chi connectivity index (χ2n) is 6.47. The van der Waals surface area contributed by atoms with Gasteiger partial charge in [0.25, 0.3) is 0 Å². The van der Waals surface area contributed by atoms with Crippen molar-refractivity contribution in [1.29, 1.82) is 0 Å². The minimum atomic E-state index is -0.492. The summed E-state index contributed by atoms with van der Waals surface area (Å²) in [6.45, 7) is 7.33. The Morgan fingerprint density at radius 3 is 2.61 bits per heavy atom. The van der Waals surface area contributed by atoms with Crippen LogP contribution in [0.2, 0.25) is 0 Å². The first-order valence-electron chi connectivity index (χ1n) is 7.48. The van der Waals surface area contributed by atoms with Crippen LogP contribution in [0, 0.1) is 0 Å². The van der Waals surface area contributed by atoms with Crippen molar-refractivity contribution in [3.63, 3.8) is 0 Å². The number of nitrogens with zero attached hydrogens (tertiary/aromatic N) is 4. The molecule has 3 rings (SSSR count). The number of ether oxygens (including phenoxy) is 1. The molecule has 0 atom stereocenters. The van der Waals surface area contributed by atoms with E-state index >= 15 is 0 Å². The molecule has 2 aromatic heterocycles. The summed E-state index contributed by atoms with van der Waals surface area (Å²) in [6, 6.07) is 3.84. The topological polar surface area (TPSA) is 60.2 Å². The van der Waals surface area contributed by atoms with Crippen molar-refractivity contribution in [1.82, 2.24) is 19.7 Å². The molecular weight excluding hydrogens is 360 g/mol. The molecule has 1 amide bonds. The van der Waals surface area contributed by atoms with Gasteiger partial charge in [0.15, 0.2) is 0 Å². The summed E-state index contributed by atoms with van der Waals surface area (Å²) >= 11 is 3.63. The molecular formula is C16H19BrN4O2. The molecule has 0 unspecified atom stereocenters. The van der Waals surface area contributed by atoms with Gasteiger partial charge in [0.05, 0.1) is 23.3 Å². The molecule has 0 saturated carbocycles. The van der Waals surface area contributed by atoms with E-state index in [9.17, 15) is 4.79 Å². The largest absolute Gasteiger partial charge is 0.444 e. The van der Waals surface area contributed by atoms with Gasteiger partial charge in [0, 0.05) is 24.5 Å². The van der Waals surface area contributed by atoms with E-state index in [4.69, 9.17) is 4.74 Å². The molecule has 23 heavy (non-hydrogen) atoms. The van der Waals surface area contributed by atoms with E-state index in [1.165, 1.54) is 0 Å². The molecule has 7 heteroatoms. The predicted molar refractivity (Wildman–Crippen MR) is 89.8 cm³/mol. The Morgan fingerprint density at radius 2 is 1.96 bits per heavy atom. The van der Waals surface area contributed by atoms with Gasteiger partial charge in [-0.15, -0.1) is 0 Å². The van der Waals surface area contributed by atoms with Crippen LogP contribution in [0.1, 0.15) is 26.5 Å². The van der Waals surface area contributed by atoms with Crippen LogP contribution in [0.3, 0.4) is 0 Å². The molecule has 0 spiro atoms. The fraction of sp³-hybridized carbons (Fsp3) is 0.438. The number of amides is 1. The molecule has 0 saturated heterocycles. The van der Waals surface area contributed by atoms with E-state index in [-0.39, 0.29) is 6.09 Å². The van der Waals surface area contributed by atoms with Crippen molar-refractivity contribution < 1.29 is 9.53 Å². The maximum Gasteiger partial charge on any atom is 0.410 e. The highest BCUT2D eigenvalue weighted by Crippen LogP contribution is 2.32. The van der Waals surface area contributed by atoms with Gasteiger partial charge in [-0.3, -0.25) is 9.67 Å². The minimum Gasteiger partial charge on any atom is -0.444 e. The summed E-state index contributed by atoms with van der Waals surface area (Å²) in [5, 5.41) is 4.65. The molecule has 0 aromatic carbocycles. The lowest BCUT2D eigenvalue weighted by Crippen LogP contribution is -2.41. The maximum atomic E-state index is 12.3. The van der Waals surface area contributed by atoms with Crippen LogP contribution in [0.15, 0.2) is 29.0 Å². The van der Waals surface area contributed by atoms with Crippen molar-refractivity contribution in [3.05, 3.63) is 34.7 Å². The maximum absolute atomic E-state index is 12.3. The average Bonchev–Trinajstić information content (AvgIpc) is 2.83. The summed E-state index contributed by atoms with van der Waals surface area (Å²) in [6.07, 6.45) is 3.20. The molecule has 1 aliphatic heterocycles. The highest BCUT2D eigenvalue weighted by atomic mass is 79.9. The third kappa shape index (κ3) is 3.39. The molecule has 0 fully saturated rings. The summed E-state index contributed by atoms with van der Waals surface area (Å²) in [5.74, 6) is 0. The number of hydrogen-bond donors (Lipinski definition) is 0. The molecule has 3 heterocycles. The number of hydrogen-bond acceptors (Lipinski definition) is 4. The second-order valence-corrected chi connectivity index (χ2v) is 7.26. The van der Waals surface area contributed by atoms with E-state index in [1.807, 2.05) is 37.6 Å². The Kier molecular flexibility index (Phi) is 4.14. The van der Waals surface area contributed by atoms with Crippen LogP contribution in [-0.4, -0.2) is 37.9 Å². The zero-order chi connectivity index (χ0) is 16.6. The third-order valence-electron chi connectivity index (χ3n) is 3.52. The van der Waals surface area contributed by atoms with Gasteiger partial charge in [-0.25, -0.2) is 4.79 Å². The van der Waals surface area contributed by atoms with Crippen LogP contribution in [0.5, 0.6) is 0 Å². The van der Waals surface area contributed by atoms with Crippen molar-refractivity contribution in [2.75, 3.05) is 6.54 Å². The molecule has 1 aliphatic rings. The quantitative estimate of drug-likeness (QED) is 0.762.